The molecular formula is C38H65N5O4. The van der Waals surface area contributed by atoms with Crippen LogP contribution in [-0.2, 0) is 25.6 Å². The number of piperidine rings is 1. The Morgan fingerprint density at radius 3 is 2.02 bits per heavy atom. The number of likely N-dealkylation sites (tertiary alicyclic amines) is 2. The molecule has 0 radical (unpaired) electrons. The summed E-state index contributed by atoms with van der Waals surface area (Å²) in [5, 5.41) is 5.45. The Bertz CT molecular complexity index is 1100. The first-order chi connectivity index (χ1) is 22.2. The van der Waals surface area contributed by atoms with Crippen LogP contribution in [0.15, 0.2) is 42.0 Å². The number of hydrogen-bond donors (Lipinski definition) is 2. The maximum atomic E-state index is 13.3. The average molecular weight is 656 g/mol. The quantitative estimate of drug-likeness (QED) is 0.231. The first kappa shape index (κ1) is 41.8. The normalized spacial score (nSPS) is 18.0. The van der Waals surface area contributed by atoms with Gasteiger partial charge in [-0.25, -0.2) is 0 Å². The van der Waals surface area contributed by atoms with Crippen LogP contribution in [0.3, 0.4) is 0 Å². The molecule has 1 aromatic carbocycles. The van der Waals surface area contributed by atoms with E-state index in [1.54, 1.807) is 24.9 Å². The summed E-state index contributed by atoms with van der Waals surface area (Å²) >= 11 is 0. The fourth-order valence-electron chi connectivity index (χ4n) is 5.80. The number of hydrogen-bond acceptors (Lipinski definition) is 5. The number of rotatable bonds is 12. The third kappa shape index (κ3) is 16.0. The molecule has 2 fully saturated rings. The van der Waals surface area contributed by atoms with Gasteiger partial charge in [0.2, 0.25) is 24.1 Å². The van der Waals surface area contributed by atoms with Gasteiger partial charge >= 0.3 is 0 Å². The van der Waals surface area contributed by atoms with E-state index in [-0.39, 0.29) is 42.3 Å². The van der Waals surface area contributed by atoms with Crippen molar-refractivity contribution in [3.05, 3.63) is 47.5 Å². The van der Waals surface area contributed by atoms with Crippen LogP contribution in [-0.4, -0.2) is 96.2 Å². The van der Waals surface area contributed by atoms with Crippen LogP contribution in [0.1, 0.15) is 100.0 Å². The molecule has 0 aromatic heterocycles. The first-order valence-corrected chi connectivity index (χ1v) is 17.7. The van der Waals surface area contributed by atoms with Gasteiger partial charge in [0.25, 0.3) is 0 Å². The van der Waals surface area contributed by atoms with E-state index in [0.29, 0.717) is 24.9 Å². The van der Waals surface area contributed by atoms with E-state index in [4.69, 9.17) is 0 Å². The van der Waals surface area contributed by atoms with Crippen molar-refractivity contribution < 1.29 is 19.2 Å². The van der Waals surface area contributed by atoms with Gasteiger partial charge in [0.15, 0.2) is 0 Å². The van der Waals surface area contributed by atoms with Gasteiger partial charge in [-0.1, -0.05) is 77.4 Å². The number of carbonyl (C=O) groups excluding carboxylic acids is 4. The molecule has 2 aliphatic rings. The van der Waals surface area contributed by atoms with E-state index in [1.165, 1.54) is 37.3 Å². The molecule has 9 nitrogen and oxygen atoms in total. The molecule has 0 bridgehead atoms. The third-order valence-corrected chi connectivity index (χ3v) is 8.33. The van der Waals surface area contributed by atoms with Gasteiger partial charge in [-0.15, -0.1) is 0 Å². The summed E-state index contributed by atoms with van der Waals surface area (Å²) in [5.74, 6) is 0.332. The van der Waals surface area contributed by atoms with E-state index >= 15 is 0 Å². The number of likely N-dealkylation sites (N-methyl/N-ethyl adjacent to an activating group) is 1. The van der Waals surface area contributed by atoms with Crippen molar-refractivity contribution in [3.8, 4) is 0 Å². The highest BCUT2D eigenvalue weighted by atomic mass is 16.2. The number of nitrogens with one attached hydrogen (secondary N) is 2. The van der Waals surface area contributed by atoms with E-state index < -0.39 is 6.04 Å². The van der Waals surface area contributed by atoms with Crippen LogP contribution in [0.25, 0.3) is 0 Å². The lowest BCUT2D eigenvalue weighted by molar-refractivity contribution is -0.136. The molecular weight excluding hydrogens is 590 g/mol. The van der Waals surface area contributed by atoms with E-state index in [9.17, 15) is 19.2 Å². The maximum absolute atomic E-state index is 13.3. The van der Waals surface area contributed by atoms with E-state index in [0.717, 1.165) is 30.4 Å². The van der Waals surface area contributed by atoms with Gasteiger partial charge in [0, 0.05) is 31.2 Å². The van der Waals surface area contributed by atoms with Crippen molar-refractivity contribution in [3.63, 3.8) is 0 Å². The van der Waals surface area contributed by atoms with Crippen molar-refractivity contribution in [2.75, 3.05) is 33.2 Å². The second-order valence-electron chi connectivity index (χ2n) is 14.3. The summed E-state index contributed by atoms with van der Waals surface area (Å²) in [6, 6.07) is 9.89. The van der Waals surface area contributed by atoms with Gasteiger partial charge in [-0.05, 0) is 90.3 Å². The Labute approximate surface area is 285 Å². The predicted octanol–water partition coefficient (Wildman–Crippen LogP) is 5.44. The molecule has 266 valence electrons. The molecule has 2 aliphatic heterocycles. The summed E-state index contributed by atoms with van der Waals surface area (Å²) in [6.45, 7) is 21.8. The SMILES string of the molecule is C/C(=C\[C@H](C(C)C)N(C)C(=O)CNC=O)C(=O)N1CCC[C@H]1C(=O)NC(C)Cc1ccccc1.CC(C)C.CC(C)N1CCCCC1. The topological polar surface area (TPSA) is 102 Å². The van der Waals surface area contributed by atoms with Crippen LogP contribution < -0.4 is 10.6 Å². The van der Waals surface area contributed by atoms with Gasteiger partial charge in [-0.3, -0.25) is 19.2 Å². The molecule has 47 heavy (non-hydrogen) atoms. The highest BCUT2D eigenvalue weighted by Crippen LogP contribution is 2.22. The van der Waals surface area contributed by atoms with Gasteiger partial charge in [-0.2, -0.15) is 0 Å². The molecule has 9 heteroatoms. The molecule has 2 saturated heterocycles. The zero-order valence-corrected chi connectivity index (χ0v) is 31.1. The molecule has 0 saturated carbocycles. The van der Waals surface area contributed by atoms with Crippen LogP contribution in [0, 0.1) is 11.8 Å². The predicted molar refractivity (Wildman–Crippen MR) is 193 cm³/mol. The highest BCUT2D eigenvalue weighted by Gasteiger charge is 2.35. The Morgan fingerprint density at radius 1 is 0.915 bits per heavy atom. The van der Waals surface area contributed by atoms with Gasteiger partial charge in [0.1, 0.15) is 6.04 Å². The number of amides is 4. The fourth-order valence-corrected chi connectivity index (χ4v) is 5.80. The smallest absolute Gasteiger partial charge is 0.249 e. The lowest BCUT2D eigenvalue weighted by Crippen LogP contribution is -2.49. The second-order valence-corrected chi connectivity index (χ2v) is 14.3. The molecule has 1 unspecified atom stereocenters. The van der Waals surface area contributed by atoms with Crippen LogP contribution >= 0.6 is 0 Å². The standard InChI is InChI=1S/C26H38N4O4.C8H17N.C4H10/c1-18(2)23(29(5)24(32)16-27-17-31)14-19(3)26(34)30-13-9-12-22(30)25(33)28-20(4)15-21-10-7-6-8-11-21;1-8(2)9-6-4-3-5-7-9;1-4(2)3/h6-8,10-11,14,17-18,20,22-23H,9,12-13,15-16H2,1-5H3,(H,27,31)(H,28,33);8H,3-7H2,1-2H3;4H,1-3H3/b19-14+;;/t20?,22-,23+;;/m0../s1. The van der Waals surface area contributed by atoms with Crippen molar-refractivity contribution in [1.29, 1.82) is 0 Å². The van der Waals surface area contributed by atoms with Gasteiger partial charge in [0.05, 0.1) is 12.6 Å². The lowest BCUT2D eigenvalue weighted by Gasteiger charge is -2.30. The lowest BCUT2D eigenvalue weighted by atomic mass is 9.99. The molecule has 0 spiro atoms. The summed E-state index contributed by atoms with van der Waals surface area (Å²) in [4.78, 5) is 54.9. The van der Waals surface area contributed by atoms with Crippen LogP contribution in [0.4, 0.5) is 0 Å². The minimum absolute atomic E-state index is 0.0472. The number of benzene rings is 1. The summed E-state index contributed by atoms with van der Waals surface area (Å²) < 4.78 is 0. The third-order valence-electron chi connectivity index (χ3n) is 8.33. The fraction of sp³-hybridized carbons (Fsp3) is 0.684. The minimum Gasteiger partial charge on any atom is -0.352 e. The van der Waals surface area contributed by atoms with Crippen molar-refractivity contribution in [2.45, 2.75) is 125 Å². The van der Waals surface area contributed by atoms with Crippen molar-refractivity contribution in [2.24, 2.45) is 11.8 Å². The van der Waals surface area contributed by atoms with E-state index in [1.807, 2.05) is 51.1 Å². The van der Waals surface area contributed by atoms with E-state index in [2.05, 4.69) is 50.2 Å². The Balaban J connectivity index is 0.000000705. The molecule has 4 amide bonds. The minimum atomic E-state index is -0.497. The molecule has 1 aromatic rings. The Morgan fingerprint density at radius 2 is 1.51 bits per heavy atom. The average Bonchev–Trinajstić information content (AvgIpc) is 3.53. The van der Waals surface area contributed by atoms with Crippen molar-refractivity contribution >= 4 is 24.1 Å². The summed E-state index contributed by atoms with van der Waals surface area (Å²) in [6.07, 6.45) is 8.68. The zero-order chi connectivity index (χ0) is 35.5. The summed E-state index contributed by atoms with van der Waals surface area (Å²) in [5.41, 5.74) is 1.65. The molecule has 2 N–H and O–H groups in total. The Hall–Kier alpha value is -3.20. The largest absolute Gasteiger partial charge is 0.352 e. The van der Waals surface area contributed by atoms with Gasteiger partial charge < -0.3 is 25.3 Å². The Kier molecular flexibility index (Phi) is 19.9. The molecule has 0 aliphatic carbocycles. The molecule has 3 rings (SSSR count). The first-order valence-electron chi connectivity index (χ1n) is 17.7. The maximum Gasteiger partial charge on any atom is 0.249 e. The second kappa shape index (κ2) is 22.4. The molecule has 3 atom stereocenters. The van der Waals surface area contributed by atoms with Crippen molar-refractivity contribution in [1.82, 2.24) is 25.3 Å². The van der Waals surface area contributed by atoms with Crippen LogP contribution in [0.5, 0.6) is 0 Å². The number of carbonyl (C=O) groups is 4. The van der Waals surface area contributed by atoms with Crippen LogP contribution in [0.2, 0.25) is 0 Å². The number of nitrogens with zero attached hydrogens (tertiary/aromatic N) is 3. The molecule has 2 heterocycles. The highest BCUT2D eigenvalue weighted by molar-refractivity contribution is 5.97. The zero-order valence-electron chi connectivity index (χ0n) is 31.1. The monoisotopic (exact) mass is 656 g/mol. The summed E-state index contributed by atoms with van der Waals surface area (Å²) in [7, 11) is 1.66.